The number of thioether (sulfide) groups is 1. The second-order valence-corrected chi connectivity index (χ2v) is 7.14. The van der Waals surface area contributed by atoms with Crippen molar-refractivity contribution in [3.63, 3.8) is 0 Å². The summed E-state index contributed by atoms with van der Waals surface area (Å²) in [6, 6.07) is 12.0. The maximum atomic E-state index is 11.9. The number of hydrazone groups is 1. The fraction of sp³-hybridized carbons (Fsp3) is 0.300. The number of carbonyl (C=O) groups is 1. The molecular formula is C20H22N2O3S. The molecule has 0 unspecified atom stereocenters. The lowest BCUT2D eigenvalue weighted by atomic mass is 10.1. The van der Waals surface area contributed by atoms with Gasteiger partial charge in [-0.05, 0) is 31.5 Å². The van der Waals surface area contributed by atoms with Crippen molar-refractivity contribution in [3.05, 3.63) is 58.7 Å². The van der Waals surface area contributed by atoms with Gasteiger partial charge < -0.3 is 9.47 Å². The van der Waals surface area contributed by atoms with Crippen LogP contribution in [-0.4, -0.2) is 31.1 Å². The third-order valence-corrected chi connectivity index (χ3v) is 4.78. The Balaban J connectivity index is 1.48. The minimum Gasteiger partial charge on any atom is -0.486 e. The van der Waals surface area contributed by atoms with Crippen molar-refractivity contribution in [2.75, 3.05) is 19.0 Å². The number of hydrogen-bond acceptors (Lipinski definition) is 5. The molecule has 0 aliphatic carbocycles. The van der Waals surface area contributed by atoms with Crippen molar-refractivity contribution in [1.29, 1.82) is 0 Å². The van der Waals surface area contributed by atoms with E-state index in [0.29, 0.717) is 30.5 Å². The molecule has 6 heteroatoms. The van der Waals surface area contributed by atoms with Crippen LogP contribution in [0.3, 0.4) is 0 Å². The molecule has 5 nitrogen and oxygen atoms in total. The summed E-state index contributed by atoms with van der Waals surface area (Å²) in [5.74, 6) is 2.41. The van der Waals surface area contributed by atoms with Crippen LogP contribution in [0.25, 0.3) is 0 Å². The van der Waals surface area contributed by atoms with Gasteiger partial charge in [-0.3, -0.25) is 4.79 Å². The van der Waals surface area contributed by atoms with Crippen LogP contribution in [0.5, 0.6) is 11.5 Å². The Kier molecular flexibility index (Phi) is 6.17. The van der Waals surface area contributed by atoms with Gasteiger partial charge in [-0.1, -0.05) is 35.4 Å². The minimum atomic E-state index is -0.127. The van der Waals surface area contributed by atoms with Gasteiger partial charge in [-0.15, -0.1) is 11.8 Å². The molecular weight excluding hydrogens is 348 g/mol. The first kappa shape index (κ1) is 18.3. The molecule has 1 aliphatic heterocycles. The first-order valence-corrected chi connectivity index (χ1v) is 9.63. The number of para-hydroxylation sites is 1. The lowest BCUT2D eigenvalue weighted by molar-refractivity contribution is -0.118. The van der Waals surface area contributed by atoms with Crippen LogP contribution in [0, 0.1) is 13.8 Å². The third kappa shape index (κ3) is 5.02. The van der Waals surface area contributed by atoms with Crippen molar-refractivity contribution in [2.45, 2.75) is 19.6 Å². The zero-order valence-corrected chi connectivity index (χ0v) is 15.8. The van der Waals surface area contributed by atoms with E-state index in [-0.39, 0.29) is 5.91 Å². The first-order valence-electron chi connectivity index (χ1n) is 8.47. The molecule has 0 fully saturated rings. The Hall–Kier alpha value is -2.47. The molecule has 0 radical (unpaired) electrons. The Morgan fingerprint density at radius 1 is 1.19 bits per heavy atom. The van der Waals surface area contributed by atoms with Crippen LogP contribution in [-0.2, 0) is 10.5 Å². The molecule has 1 amide bonds. The van der Waals surface area contributed by atoms with Gasteiger partial charge in [0.1, 0.15) is 13.2 Å². The molecule has 136 valence electrons. The summed E-state index contributed by atoms with van der Waals surface area (Å²) in [6.07, 6.45) is 1.58. The van der Waals surface area contributed by atoms with Crippen molar-refractivity contribution >= 4 is 23.9 Å². The number of hydrogen-bond donors (Lipinski definition) is 1. The highest BCUT2D eigenvalue weighted by Gasteiger charge is 2.14. The van der Waals surface area contributed by atoms with E-state index in [1.807, 2.05) is 18.2 Å². The van der Waals surface area contributed by atoms with Crippen LogP contribution in [0.1, 0.15) is 22.3 Å². The number of nitrogens with one attached hydrogen (secondary N) is 1. The Morgan fingerprint density at radius 2 is 1.96 bits per heavy atom. The molecule has 0 saturated heterocycles. The fourth-order valence-electron chi connectivity index (χ4n) is 2.82. The number of benzene rings is 2. The molecule has 0 saturated carbocycles. The fourth-order valence-corrected chi connectivity index (χ4v) is 3.57. The Morgan fingerprint density at radius 3 is 2.77 bits per heavy atom. The van der Waals surface area contributed by atoms with Crippen molar-refractivity contribution < 1.29 is 14.3 Å². The summed E-state index contributed by atoms with van der Waals surface area (Å²) in [7, 11) is 0. The molecule has 3 rings (SSSR count). The topological polar surface area (TPSA) is 59.9 Å². The quantitative estimate of drug-likeness (QED) is 0.625. The van der Waals surface area contributed by atoms with Crippen molar-refractivity contribution in [2.24, 2.45) is 5.10 Å². The third-order valence-electron chi connectivity index (χ3n) is 3.77. The van der Waals surface area contributed by atoms with E-state index in [9.17, 15) is 4.79 Å². The predicted molar refractivity (Wildman–Crippen MR) is 105 cm³/mol. The van der Waals surface area contributed by atoms with E-state index in [1.54, 1.807) is 18.0 Å². The SMILES string of the molecule is Cc1cc(C)cc(CSCC(=O)N/N=C\c2cccc3c2OCCO3)c1. The van der Waals surface area contributed by atoms with E-state index >= 15 is 0 Å². The standard InChI is InChI=1S/C20H22N2O3S/c1-14-8-15(2)10-16(9-14)12-26-13-19(23)22-21-11-17-4-3-5-18-20(17)25-7-6-24-18/h3-5,8-11H,6-7,12-13H2,1-2H3,(H,22,23)/b21-11-. The zero-order valence-electron chi connectivity index (χ0n) is 15.0. The van der Waals surface area contributed by atoms with E-state index < -0.39 is 0 Å². The minimum absolute atomic E-state index is 0.127. The lowest BCUT2D eigenvalue weighted by Gasteiger charge is -2.19. The summed E-state index contributed by atoms with van der Waals surface area (Å²) in [4.78, 5) is 11.9. The molecule has 2 aromatic carbocycles. The highest BCUT2D eigenvalue weighted by Crippen LogP contribution is 2.32. The van der Waals surface area contributed by atoms with Gasteiger partial charge in [0.05, 0.1) is 12.0 Å². The molecule has 0 atom stereocenters. The Bertz CT molecular complexity index is 800. The lowest BCUT2D eigenvalue weighted by Crippen LogP contribution is -2.20. The van der Waals surface area contributed by atoms with Crippen LogP contribution >= 0.6 is 11.8 Å². The average Bonchev–Trinajstić information content (AvgIpc) is 2.61. The number of amides is 1. The molecule has 0 bridgehead atoms. The van der Waals surface area contributed by atoms with Gasteiger partial charge in [0.2, 0.25) is 5.91 Å². The van der Waals surface area contributed by atoms with E-state index in [0.717, 1.165) is 11.3 Å². The maximum absolute atomic E-state index is 11.9. The van der Waals surface area contributed by atoms with Gasteiger partial charge in [0, 0.05) is 11.3 Å². The summed E-state index contributed by atoms with van der Waals surface area (Å²) >= 11 is 1.57. The smallest absolute Gasteiger partial charge is 0.250 e. The number of nitrogens with zero attached hydrogens (tertiary/aromatic N) is 1. The largest absolute Gasteiger partial charge is 0.486 e. The van der Waals surface area contributed by atoms with Gasteiger partial charge in [0.25, 0.3) is 0 Å². The second-order valence-electron chi connectivity index (χ2n) is 6.15. The van der Waals surface area contributed by atoms with Gasteiger partial charge in [-0.2, -0.15) is 5.10 Å². The summed E-state index contributed by atoms with van der Waals surface area (Å²) in [5.41, 5.74) is 7.06. The van der Waals surface area contributed by atoms with Gasteiger partial charge in [-0.25, -0.2) is 5.43 Å². The molecule has 1 heterocycles. The number of rotatable bonds is 6. The number of ether oxygens (including phenoxy) is 2. The zero-order chi connectivity index (χ0) is 18.4. The van der Waals surface area contributed by atoms with Gasteiger partial charge >= 0.3 is 0 Å². The van der Waals surface area contributed by atoms with Gasteiger partial charge in [0.15, 0.2) is 11.5 Å². The molecule has 0 aromatic heterocycles. The molecule has 2 aromatic rings. The van der Waals surface area contributed by atoms with E-state index in [4.69, 9.17) is 9.47 Å². The molecule has 26 heavy (non-hydrogen) atoms. The second kappa shape index (κ2) is 8.76. The molecule has 0 spiro atoms. The molecule has 1 aliphatic rings. The van der Waals surface area contributed by atoms with Crippen LogP contribution in [0.4, 0.5) is 0 Å². The van der Waals surface area contributed by atoms with Crippen LogP contribution < -0.4 is 14.9 Å². The maximum Gasteiger partial charge on any atom is 0.250 e. The van der Waals surface area contributed by atoms with E-state index in [2.05, 4.69) is 42.6 Å². The highest BCUT2D eigenvalue weighted by atomic mass is 32.2. The number of fused-ring (bicyclic) bond motifs is 1. The predicted octanol–water partition coefficient (Wildman–Crippen LogP) is 3.46. The number of aryl methyl sites for hydroxylation is 2. The average molecular weight is 370 g/mol. The van der Waals surface area contributed by atoms with Crippen molar-refractivity contribution in [1.82, 2.24) is 5.43 Å². The van der Waals surface area contributed by atoms with Crippen LogP contribution in [0.15, 0.2) is 41.5 Å². The highest BCUT2D eigenvalue weighted by molar-refractivity contribution is 7.99. The van der Waals surface area contributed by atoms with E-state index in [1.165, 1.54) is 16.7 Å². The van der Waals surface area contributed by atoms with Crippen molar-refractivity contribution in [3.8, 4) is 11.5 Å². The summed E-state index contributed by atoms with van der Waals surface area (Å²) in [6.45, 7) is 5.22. The normalized spacial score (nSPS) is 13.0. The summed E-state index contributed by atoms with van der Waals surface area (Å²) < 4.78 is 11.1. The first-order chi connectivity index (χ1) is 12.6. The monoisotopic (exact) mass is 370 g/mol. The number of carbonyl (C=O) groups excluding carboxylic acids is 1. The summed E-state index contributed by atoms with van der Waals surface area (Å²) in [5, 5.41) is 4.03. The van der Waals surface area contributed by atoms with Crippen LogP contribution in [0.2, 0.25) is 0 Å². The molecule has 1 N–H and O–H groups in total. The Labute approximate surface area is 157 Å².